The van der Waals surface area contributed by atoms with E-state index in [1.807, 2.05) is 0 Å². The van der Waals surface area contributed by atoms with E-state index >= 15 is 0 Å². The van der Waals surface area contributed by atoms with Crippen LogP contribution in [-0.2, 0) is 0 Å². The van der Waals surface area contributed by atoms with E-state index < -0.39 is 17.5 Å². The van der Waals surface area contributed by atoms with Gasteiger partial charge in [-0.3, -0.25) is 2.78 Å². The lowest BCUT2D eigenvalue weighted by Crippen LogP contribution is -1.91. The van der Waals surface area contributed by atoms with Crippen LogP contribution in [0.15, 0.2) is 12.1 Å². The molecule has 2 aromatic rings. The van der Waals surface area contributed by atoms with E-state index in [0.717, 1.165) is 0 Å². The Hall–Kier alpha value is -0.720. The highest BCUT2D eigenvalue weighted by Crippen LogP contribution is 2.28. The molecule has 14 heavy (non-hydrogen) atoms. The van der Waals surface area contributed by atoms with Crippen LogP contribution in [0, 0.1) is 24.4 Å². The third-order valence-corrected chi connectivity index (χ3v) is 3.29. The van der Waals surface area contributed by atoms with E-state index in [2.05, 4.69) is 0 Å². The van der Waals surface area contributed by atoms with E-state index in [9.17, 15) is 13.2 Å². The molecular weight excluding hydrogens is 306 g/mol. The fraction of sp³-hybridized carbons (Fsp3) is 0.111. The molecule has 0 saturated heterocycles. The van der Waals surface area contributed by atoms with Crippen LogP contribution in [0.1, 0.15) is 5.69 Å². The van der Waals surface area contributed by atoms with Crippen molar-refractivity contribution >= 4 is 33.8 Å². The van der Waals surface area contributed by atoms with Gasteiger partial charge in [0.25, 0.3) is 0 Å². The summed E-state index contributed by atoms with van der Waals surface area (Å²) in [5.41, 5.74) is 0.629. The first-order chi connectivity index (χ1) is 6.52. The summed E-state index contributed by atoms with van der Waals surface area (Å²) >= 11 is 1.80. The monoisotopic (exact) mass is 311 g/mol. The number of fused-ring (bicyclic) bond motifs is 1. The molecule has 1 aromatic carbocycles. The Morgan fingerprint density at radius 2 is 1.79 bits per heavy atom. The second-order valence-electron chi connectivity index (χ2n) is 2.98. The van der Waals surface area contributed by atoms with Crippen molar-refractivity contribution in [3.63, 3.8) is 0 Å². The van der Waals surface area contributed by atoms with Gasteiger partial charge in [0.05, 0.1) is 28.4 Å². The largest absolute Gasteiger partial charge is 0.284 e. The molecule has 0 aliphatic rings. The van der Waals surface area contributed by atoms with Gasteiger partial charge in [-0.05, 0) is 13.0 Å². The highest BCUT2D eigenvalue weighted by atomic mass is 127. The van der Waals surface area contributed by atoms with Gasteiger partial charge in [-0.15, -0.1) is 0 Å². The summed E-state index contributed by atoms with van der Waals surface area (Å²) in [5.74, 6) is -2.91. The lowest BCUT2D eigenvalue weighted by atomic mass is 10.2. The van der Waals surface area contributed by atoms with Crippen molar-refractivity contribution in [2.45, 2.75) is 6.92 Å². The molecule has 0 fully saturated rings. The van der Waals surface area contributed by atoms with E-state index in [-0.39, 0.29) is 10.9 Å². The van der Waals surface area contributed by atoms with Crippen LogP contribution in [0.3, 0.4) is 0 Å². The van der Waals surface area contributed by atoms with Crippen molar-refractivity contribution in [1.82, 2.24) is 2.78 Å². The molecule has 0 saturated carbocycles. The minimum atomic E-state index is -1.16. The molecule has 0 spiro atoms. The number of rotatable bonds is 0. The van der Waals surface area contributed by atoms with Gasteiger partial charge >= 0.3 is 0 Å². The Morgan fingerprint density at radius 1 is 1.14 bits per heavy atom. The highest BCUT2D eigenvalue weighted by Gasteiger charge is 2.16. The predicted octanol–water partition coefficient (Wildman–Crippen LogP) is 3.57. The molecule has 74 valence electrons. The van der Waals surface area contributed by atoms with Gasteiger partial charge in [0.15, 0.2) is 11.6 Å². The van der Waals surface area contributed by atoms with E-state index in [1.54, 1.807) is 29.8 Å². The topological polar surface area (TPSA) is 4.93 Å². The number of nitrogens with zero attached hydrogens (tertiary/aromatic N) is 1. The molecule has 0 aliphatic carbocycles. The summed E-state index contributed by atoms with van der Waals surface area (Å²) in [7, 11) is 0. The number of halogens is 4. The first-order valence-electron chi connectivity index (χ1n) is 3.84. The van der Waals surface area contributed by atoms with Gasteiger partial charge in [-0.1, -0.05) is 0 Å². The van der Waals surface area contributed by atoms with Crippen LogP contribution < -0.4 is 0 Å². The first-order valence-corrected chi connectivity index (χ1v) is 4.80. The maximum atomic E-state index is 13.3. The van der Waals surface area contributed by atoms with Gasteiger partial charge in [0, 0.05) is 17.1 Å². The summed E-state index contributed by atoms with van der Waals surface area (Å²) in [6, 6.07) is 2.05. The molecule has 0 N–H and O–H groups in total. The summed E-state index contributed by atoms with van der Waals surface area (Å²) in [6.45, 7) is 1.70. The Kier molecular flexibility index (Phi) is 2.21. The van der Waals surface area contributed by atoms with Crippen LogP contribution >= 0.6 is 22.9 Å². The second kappa shape index (κ2) is 3.15. The molecular formula is C9H5F3IN. The van der Waals surface area contributed by atoms with E-state index in [0.29, 0.717) is 11.8 Å². The van der Waals surface area contributed by atoms with E-state index in [1.165, 1.54) is 8.85 Å². The molecule has 1 nitrogen and oxygen atoms in total. The predicted molar refractivity (Wildman–Crippen MR) is 56.0 cm³/mol. The second-order valence-corrected chi connectivity index (χ2v) is 3.95. The average molecular weight is 311 g/mol. The van der Waals surface area contributed by atoms with Crippen LogP contribution in [0.5, 0.6) is 0 Å². The molecule has 0 unspecified atom stereocenters. The molecule has 1 heterocycles. The Balaban J connectivity index is 3.03. The van der Waals surface area contributed by atoms with Crippen LogP contribution in [0.4, 0.5) is 13.2 Å². The summed E-state index contributed by atoms with van der Waals surface area (Å²) in [6.07, 6.45) is 0. The van der Waals surface area contributed by atoms with Gasteiger partial charge in [0.1, 0.15) is 5.82 Å². The lowest BCUT2D eigenvalue weighted by molar-refractivity contribution is 0.504. The fourth-order valence-electron chi connectivity index (χ4n) is 1.37. The maximum absolute atomic E-state index is 13.3. The van der Waals surface area contributed by atoms with E-state index in [4.69, 9.17) is 0 Å². The molecule has 2 rings (SSSR count). The third-order valence-electron chi connectivity index (χ3n) is 2.04. The SMILES string of the molecule is Cc1cc2c(F)cc(F)c(F)c2n1I. The summed E-state index contributed by atoms with van der Waals surface area (Å²) in [5, 5.41) is 0.107. The minimum Gasteiger partial charge on any atom is -0.284 e. The van der Waals surface area contributed by atoms with Crippen molar-refractivity contribution in [3.8, 4) is 0 Å². The quantitative estimate of drug-likeness (QED) is 0.518. The Labute approximate surface area is 92.0 Å². The number of aromatic nitrogens is 1. The normalized spacial score (nSPS) is 11.2. The summed E-state index contributed by atoms with van der Waals surface area (Å²) < 4.78 is 40.7. The summed E-state index contributed by atoms with van der Waals surface area (Å²) in [4.78, 5) is 0. The molecule has 0 atom stereocenters. The lowest BCUT2D eigenvalue weighted by Gasteiger charge is -1.99. The van der Waals surface area contributed by atoms with Crippen LogP contribution in [0.25, 0.3) is 10.9 Å². The van der Waals surface area contributed by atoms with Crippen LogP contribution in [0.2, 0.25) is 0 Å². The molecule has 0 bridgehead atoms. The smallest absolute Gasteiger partial charge is 0.183 e. The zero-order valence-corrected chi connectivity index (χ0v) is 9.27. The Morgan fingerprint density at radius 3 is 2.43 bits per heavy atom. The number of hydrogen-bond donors (Lipinski definition) is 0. The number of hydrogen-bond acceptors (Lipinski definition) is 0. The zero-order valence-electron chi connectivity index (χ0n) is 7.11. The van der Waals surface area contributed by atoms with Crippen molar-refractivity contribution in [1.29, 1.82) is 0 Å². The zero-order chi connectivity index (χ0) is 10.5. The van der Waals surface area contributed by atoms with Gasteiger partial charge in [0.2, 0.25) is 0 Å². The van der Waals surface area contributed by atoms with Crippen molar-refractivity contribution in [2.24, 2.45) is 0 Å². The molecule has 1 aromatic heterocycles. The molecule has 5 heteroatoms. The highest BCUT2D eigenvalue weighted by molar-refractivity contribution is 14.1. The molecule has 0 aliphatic heterocycles. The number of aryl methyl sites for hydroxylation is 1. The third kappa shape index (κ3) is 1.22. The van der Waals surface area contributed by atoms with Crippen molar-refractivity contribution < 1.29 is 13.2 Å². The van der Waals surface area contributed by atoms with Gasteiger partial charge < -0.3 is 0 Å². The average Bonchev–Trinajstić information content (AvgIpc) is 2.41. The first kappa shape index (κ1) is 9.82. The van der Waals surface area contributed by atoms with Crippen LogP contribution in [-0.4, -0.2) is 2.78 Å². The standard InChI is InChI=1S/C9H5F3IN/c1-4-2-5-6(10)3-7(11)8(12)9(5)14(4)13/h2-3H,1H3. The number of benzene rings is 1. The van der Waals surface area contributed by atoms with Gasteiger partial charge in [-0.2, -0.15) is 0 Å². The van der Waals surface area contributed by atoms with Crippen molar-refractivity contribution in [3.05, 3.63) is 35.3 Å². The molecule has 0 amide bonds. The Bertz CT molecular complexity index is 518. The fourth-order valence-corrected chi connectivity index (χ4v) is 1.98. The maximum Gasteiger partial charge on any atom is 0.183 e. The molecule has 0 radical (unpaired) electrons. The van der Waals surface area contributed by atoms with Gasteiger partial charge in [-0.25, -0.2) is 13.2 Å². The van der Waals surface area contributed by atoms with Crippen molar-refractivity contribution in [2.75, 3.05) is 0 Å². The minimum absolute atomic E-state index is 0.0411.